The Bertz CT molecular complexity index is 927. The van der Waals surface area contributed by atoms with E-state index >= 15 is 0 Å². The molecule has 1 aliphatic rings. The molecule has 2 heterocycles. The molecule has 0 unspecified atom stereocenters. The van der Waals surface area contributed by atoms with Gasteiger partial charge < -0.3 is 19.5 Å². The van der Waals surface area contributed by atoms with Crippen LogP contribution in [0.4, 0.5) is 10.1 Å². The maximum absolute atomic E-state index is 14.7. The van der Waals surface area contributed by atoms with Crippen LogP contribution < -0.4 is 10.3 Å². The van der Waals surface area contributed by atoms with E-state index in [1.807, 2.05) is 11.9 Å². The van der Waals surface area contributed by atoms with Crippen molar-refractivity contribution in [1.82, 2.24) is 9.47 Å². The van der Waals surface area contributed by atoms with Crippen LogP contribution in [0.5, 0.6) is 0 Å². The minimum atomic E-state index is -1.34. The van der Waals surface area contributed by atoms with Crippen molar-refractivity contribution in [2.75, 3.05) is 38.1 Å². The second kappa shape index (κ2) is 6.33. The summed E-state index contributed by atoms with van der Waals surface area (Å²) in [5.41, 5.74) is 0.324. The second-order valence-corrected chi connectivity index (χ2v) is 6.39. The lowest BCUT2D eigenvalue weighted by Crippen LogP contribution is -2.44. The number of fused-ring (bicyclic) bond motifs is 1. The number of anilines is 1. The summed E-state index contributed by atoms with van der Waals surface area (Å²) in [5.74, 6) is -1.87. The number of carboxylic acids is 1. The first-order valence-electron chi connectivity index (χ1n) is 8.01. The number of halogens is 1. The Morgan fingerprint density at radius 2 is 1.88 bits per heavy atom. The smallest absolute Gasteiger partial charge is 0.341 e. The molecule has 6 nitrogen and oxygen atoms in total. The summed E-state index contributed by atoms with van der Waals surface area (Å²) in [6.07, 6.45) is 1.25. The molecule has 0 aliphatic carbocycles. The fraction of sp³-hybridized carbons (Fsp3) is 0.333. The average Bonchev–Trinajstić information content (AvgIpc) is 2.55. The highest BCUT2D eigenvalue weighted by molar-refractivity contribution is 5.94. The van der Waals surface area contributed by atoms with Crippen molar-refractivity contribution in [3.05, 3.63) is 46.5 Å². The van der Waals surface area contributed by atoms with Crippen LogP contribution >= 0.6 is 0 Å². The Morgan fingerprint density at radius 3 is 2.44 bits per heavy atom. The predicted molar refractivity (Wildman–Crippen MR) is 95.8 cm³/mol. The molecule has 132 valence electrons. The molecular weight excluding hydrogens is 325 g/mol. The van der Waals surface area contributed by atoms with Gasteiger partial charge in [0, 0.05) is 43.5 Å². The van der Waals surface area contributed by atoms with E-state index < -0.39 is 22.8 Å². The summed E-state index contributed by atoms with van der Waals surface area (Å²) in [6, 6.07) is 2.74. The van der Waals surface area contributed by atoms with Gasteiger partial charge in [-0.2, -0.15) is 0 Å². The van der Waals surface area contributed by atoms with Crippen LogP contribution in [0.25, 0.3) is 16.6 Å². The summed E-state index contributed by atoms with van der Waals surface area (Å²) in [7, 11) is 2.01. The second-order valence-electron chi connectivity index (χ2n) is 6.39. The van der Waals surface area contributed by atoms with E-state index in [4.69, 9.17) is 0 Å². The molecule has 0 atom stereocenters. The van der Waals surface area contributed by atoms with E-state index in [0.29, 0.717) is 30.0 Å². The number of carboxylic acid groups (broad SMARTS) is 1. The molecule has 3 rings (SSSR count). The zero-order valence-corrected chi connectivity index (χ0v) is 14.3. The van der Waals surface area contributed by atoms with Crippen molar-refractivity contribution in [3.63, 3.8) is 0 Å². The standard InChI is InChI=1S/C18H20FN3O3/c1-11(2)22-10-13(18(24)25)17(23)12-8-14(19)16(9-15(12)22)21-6-4-20(3)5-7-21/h8-10H,1,4-7H2,2-3H3,(H,24,25). The van der Waals surface area contributed by atoms with Crippen LogP contribution in [-0.2, 0) is 0 Å². The summed E-state index contributed by atoms with van der Waals surface area (Å²) in [6.45, 7) is 8.55. The summed E-state index contributed by atoms with van der Waals surface area (Å²) >= 11 is 0. The van der Waals surface area contributed by atoms with Gasteiger partial charge in [0.2, 0.25) is 5.43 Å². The fourth-order valence-corrected chi connectivity index (χ4v) is 3.09. The molecule has 1 saturated heterocycles. The molecule has 1 N–H and O–H groups in total. The summed E-state index contributed by atoms with van der Waals surface area (Å²) < 4.78 is 16.2. The quantitative estimate of drug-likeness (QED) is 0.923. The first kappa shape index (κ1) is 17.2. The molecule has 0 amide bonds. The Balaban J connectivity index is 2.24. The third-order valence-electron chi connectivity index (χ3n) is 4.56. The van der Waals surface area contributed by atoms with Gasteiger partial charge in [0.05, 0.1) is 11.2 Å². The lowest BCUT2D eigenvalue weighted by molar-refractivity contribution is 0.0695. The summed E-state index contributed by atoms with van der Waals surface area (Å²) in [4.78, 5) is 27.8. The Hall–Kier alpha value is -2.67. The molecular formula is C18H20FN3O3. The van der Waals surface area contributed by atoms with Gasteiger partial charge in [-0.3, -0.25) is 4.79 Å². The number of hydrogen-bond acceptors (Lipinski definition) is 4. The highest BCUT2D eigenvalue weighted by atomic mass is 19.1. The number of piperazine rings is 1. The van der Waals surface area contributed by atoms with Gasteiger partial charge in [0.15, 0.2) is 0 Å². The first-order valence-corrected chi connectivity index (χ1v) is 8.01. The largest absolute Gasteiger partial charge is 0.477 e. The van der Waals surface area contributed by atoms with Crippen molar-refractivity contribution in [3.8, 4) is 0 Å². The van der Waals surface area contributed by atoms with Gasteiger partial charge in [-0.1, -0.05) is 6.58 Å². The van der Waals surface area contributed by atoms with Gasteiger partial charge in [0.1, 0.15) is 11.4 Å². The van der Waals surface area contributed by atoms with Gasteiger partial charge in [-0.15, -0.1) is 0 Å². The van der Waals surface area contributed by atoms with E-state index in [1.165, 1.54) is 10.8 Å². The van der Waals surface area contributed by atoms with Crippen molar-refractivity contribution >= 4 is 28.3 Å². The molecule has 1 aromatic carbocycles. The third-order valence-corrected chi connectivity index (χ3v) is 4.56. The molecule has 0 saturated carbocycles. The Labute approximate surface area is 144 Å². The minimum Gasteiger partial charge on any atom is -0.477 e. The topological polar surface area (TPSA) is 65.8 Å². The third kappa shape index (κ3) is 3.02. The summed E-state index contributed by atoms with van der Waals surface area (Å²) in [5, 5.41) is 9.27. The SMILES string of the molecule is C=C(C)n1cc(C(=O)O)c(=O)c2cc(F)c(N3CCN(C)CC3)cc21. The molecule has 1 aliphatic heterocycles. The van der Waals surface area contributed by atoms with Gasteiger partial charge in [-0.25, -0.2) is 9.18 Å². The predicted octanol–water partition coefficient (Wildman–Crippen LogP) is 2.08. The van der Waals surface area contributed by atoms with E-state index in [1.54, 1.807) is 13.0 Å². The molecule has 2 aromatic rings. The molecule has 0 bridgehead atoms. The highest BCUT2D eigenvalue weighted by Crippen LogP contribution is 2.27. The van der Waals surface area contributed by atoms with Gasteiger partial charge in [-0.05, 0) is 26.1 Å². The maximum Gasteiger partial charge on any atom is 0.341 e. The normalized spacial score (nSPS) is 15.6. The molecule has 0 spiro atoms. The zero-order chi connectivity index (χ0) is 18.3. The van der Waals surface area contributed by atoms with Crippen LogP contribution in [0.15, 0.2) is 29.7 Å². The van der Waals surface area contributed by atoms with E-state index in [9.17, 15) is 19.1 Å². The highest BCUT2D eigenvalue weighted by Gasteiger charge is 2.21. The Morgan fingerprint density at radius 1 is 1.24 bits per heavy atom. The number of benzene rings is 1. The molecule has 25 heavy (non-hydrogen) atoms. The number of carbonyl (C=O) groups is 1. The van der Waals surface area contributed by atoms with Crippen LogP contribution in [0, 0.1) is 5.82 Å². The van der Waals surface area contributed by atoms with E-state index in [2.05, 4.69) is 11.5 Å². The minimum absolute atomic E-state index is 0.0401. The zero-order valence-electron chi connectivity index (χ0n) is 14.3. The number of pyridine rings is 1. The lowest BCUT2D eigenvalue weighted by atomic mass is 10.1. The van der Waals surface area contributed by atoms with Gasteiger partial charge >= 0.3 is 5.97 Å². The van der Waals surface area contributed by atoms with Crippen molar-refractivity contribution in [2.45, 2.75) is 6.92 Å². The lowest BCUT2D eigenvalue weighted by Gasteiger charge is -2.34. The van der Waals surface area contributed by atoms with Crippen LogP contribution in [0.2, 0.25) is 0 Å². The van der Waals surface area contributed by atoms with Crippen molar-refractivity contribution < 1.29 is 14.3 Å². The number of aromatic carboxylic acids is 1. The molecule has 7 heteroatoms. The van der Waals surface area contributed by atoms with Crippen LogP contribution in [0.3, 0.4) is 0 Å². The monoisotopic (exact) mass is 345 g/mol. The maximum atomic E-state index is 14.7. The van der Waals surface area contributed by atoms with Gasteiger partial charge in [0.25, 0.3) is 0 Å². The molecule has 1 fully saturated rings. The first-order chi connectivity index (χ1) is 11.8. The van der Waals surface area contributed by atoms with Crippen LogP contribution in [0.1, 0.15) is 17.3 Å². The van der Waals surface area contributed by atoms with Crippen LogP contribution in [-0.4, -0.2) is 53.8 Å². The van der Waals surface area contributed by atoms with Crippen molar-refractivity contribution in [2.24, 2.45) is 0 Å². The van der Waals surface area contributed by atoms with E-state index in [-0.39, 0.29) is 5.39 Å². The molecule has 0 radical (unpaired) electrons. The number of aromatic nitrogens is 1. The number of hydrogen-bond donors (Lipinski definition) is 1. The number of rotatable bonds is 3. The number of nitrogens with zero attached hydrogens (tertiary/aromatic N) is 3. The van der Waals surface area contributed by atoms with E-state index in [0.717, 1.165) is 19.2 Å². The average molecular weight is 345 g/mol. The number of allylic oxidation sites excluding steroid dienone is 1. The fourth-order valence-electron chi connectivity index (χ4n) is 3.09. The molecule has 1 aromatic heterocycles. The van der Waals surface area contributed by atoms with Crippen molar-refractivity contribution in [1.29, 1.82) is 0 Å². The number of likely N-dealkylation sites (N-methyl/N-ethyl adjacent to an activating group) is 1. The Kier molecular flexibility index (Phi) is 4.34.